The first-order chi connectivity index (χ1) is 15.2. The molecule has 4 aromatic rings. The van der Waals surface area contributed by atoms with Crippen LogP contribution < -0.4 is 5.32 Å². The Morgan fingerprint density at radius 2 is 2.06 bits per heavy atom. The summed E-state index contributed by atoms with van der Waals surface area (Å²) < 4.78 is 14.4. The van der Waals surface area contributed by atoms with E-state index in [1.54, 1.807) is 12.4 Å². The van der Waals surface area contributed by atoms with Crippen molar-refractivity contribution >= 4 is 22.8 Å². The Morgan fingerprint density at radius 1 is 1.19 bits per heavy atom. The number of nitrogens with zero attached hydrogens (tertiary/aromatic N) is 4. The van der Waals surface area contributed by atoms with Crippen LogP contribution in [0.1, 0.15) is 16.8 Å². The number of benzene rings is 1. The molecule has 31 heavy (non-hydrogen) atoms. The highest BCUT2D eigenvalue weighted by Gasteiger charge is 2.27. The number of carbonyl (C=O) groups is 1. The van der Waals surface area contributed by atoms with Crippen molar-refractivity contribution in [3.8, 4) is 11.4 Å². The second-order valence-corrected chi connectivity index (χ2v) is 7.64. The van der Waals surface area contributed by atoms with Gasteiger partial charge < -0.3 is 15.2 Å². The Morgan fingerprint density at radius 3 is 2.94 bits per heavy atom. The molecule has 0 saturated carbocycles. The number of likely N-dealkylation sites (tertiary alicyclic amines) is 1. The number of amides is 1. The minimum atomic E-state index is -0.503. The molecule has 5 rings (SSSR count). The highest BCUT2D eigenvalue weighted by molar-refractivity contribution is 5.94. The Labute approximate surface area is 178 Å². The van der Waals surface area contributed by atoms with Crippen LogP contribution in [0, 0.1) is 11.7 Å². The van der Waals surface area contributed by atoms with E-state index in [1.165, 1.54) is 6.20 Å². The summed E-state index contributed by atoms with van der Waals surface area (Å²) in [5, 5.41) is 4.00. The lowest BCUT2D eigenvalue weighted by Crippen LogP contribution is -2.29. The van der Waals surface area contributed by atoms with Crippen LogP contribution in [0.25, 0.3) is 22.4 Å². The van der Waals surface area contributed by atoms with Crippen LogP contribution in [0.4, 0.5) is 10.2 Å². The smallest absolute Gasteiger partial charge is 0.253 e. The van der Waals surface area contributed by atoms with E-state index in [2.05, 4.69) is 25.3 Å². The molecule has 4 heterocycles. The van der Waals surface area contributed by atoms with E-state index in [1.807, 2.05) is 47.4 Å². The molecule has 1 aliphatic rings. The van der Waals surface area contributed by atoms with Gasteiger partial charge in [0, 0.05) is 48.5 Å². The van der Waals surface area contributed by atoms with Crippen LogP contribution in [0.2, 0.25) is 0 Å². The fourth-order valence-corrected chi connectivity index (χ4v) is 3.95. The van der Waals surface area contributed by atoms with Gasteiger partial charge in [0.15, 0.2) is 17.5 Å². The molecule has 1 fully saturated rings. The molecule has 0 radical (unpaired) electrons. The molecule has 1 amide bonds. The molecule has 3 aromatic heterocycles. The number of nitrogens with one attached hydrogen (secondary N) is 2. The lowest BCUT2D eigenvalue weighted by molar-refractivity contribution is 0.0788. The van der Waals surface area contributed by atoms with Crippen molar-refractivity contribution in [2.45, 2.75) is 6.42 Å². The molecule has 7 nitrogen and oxygen atoms in total. The Bertz CT molecular complexity index is 1230. The van der Waals surface area contributed by atoms with Crippen molar-refractivity contribution in [2.75, 3.05) is 25.0 Å². The molecule has 1 aliphatic heterocycles. The zero-order chi connectivity index (χ0) is 21.2. The molecule has 0 bridgehead atoms. The molecular formula is C23H21FN6O. The molecule has 2 N–H and O–H groups in total. The summed E-state index contributed by atoms with van der Waals surface area (Å²) in [6.07, 6.45) is 5.52. The number of anilines is 1. The molecule has 8 heteroatoms. The fourth-order valence-electron chi connectivity index (χ4n) is 3.95. The standard InChI is InChI=1S/C23H21FN6O/c24-19-13-28-21(18-12-27-20-17(18)7-4-9-25-20)29-22(19)26-11-15-8-10-30(14-15)23(31)16-5-2-1-3-6-16/h1-7,9,12-13,15H,8,10-11,14H2,(H,25,27)(H,26,28,29)/t15-/m1/s1. The van der Waals surface area contributed by atoms with Crippen LogP contribution in [-0.4, -0.2) is 50.4 Å². The van der Waals surface area contributed by atoms with Crippen molar-refractivity contribution in [3.63, 3.8) is 0 Å². The molecule has 156 valence electrons. The SMILES string of the molecule is O=C(c1ccccc1)N1CC[C@H](CNc2nc(-c3c[nH]c4ncccc34)ncc2F)C1. The van der Waals surface area contributed by atoms with E-state index in [-0.39, 0.29) is 17.6 Å². The maximum absolute atomic E-state index is 14.4. The van der Waals surface area contributed by atoms with Gasteiger partial charge in [-0.2, -0.15) is 0 Å². The maximum atomic E-state index is 14.4. The van der Waals surface area contributed by atoms with Crippen LogP contribution in [0.3, 0.4) is 0 Å². The molecule has 0 aliphatic carbocycles. The second-order valence-electron chi connectivity index (χ2n) is 7.64. The third kappa shape index (κ3) is 3.84. The van der Waals surface area contributed by atoms with Gasteiger partial charge in [-0.3, -0.25) is 4.79 Å². The molecular weight excluding hydrogens is 395 g/mol. The normalized spacial score (nSPS) is 16.0. The second kappa shape index (κ2) is 8.14. The van der Waals surface area contributed by atoms with Crippen LogP contribution in [0.15, 0.2) is 61.1 Å². The Hall–Kier alpha value is -3.81. The first-order valence-electron chi connectivity index (χ1n) is 10.2. The van der Waals surface area contributed by atoms with Gasteiger partial charge in [0.25, 0.3) is 5.91 Å². The number of pyridine rings is 1. The molecule has 1 saturated heterocycles. The van der Waals surface area contributed by atoms with E-state index in [0.29, 0.717) is 31.0 Å². The molecule has 0 spiro atoms. The van der Waals surface area contributed by atoms with Gasteiger partial charge >= 0.3 is 0 Å². The number of hydrogen-bond donors (Lipinski definition) is 2. The molecule has 1 atom stereocenters. The van der Waals surface area contributed by atoms with Crippen molar-refractivity contribution in [2.24, 2.45) is 5.92 Å². The van der Waals surface area contributed by atoms with Crippen LogP contribution >= 0.6 is 0 Å². The zero-order valence-corrected chi connectivity index (χ0v) is 16.8. The van der Waals surface area contributed by atoms with Crippen molar-refractivity contribution in [1.29, 1.82) is 0 Å². The van der Waals surface area contributed by atoms with Gasteiger partial charge in [-0.1, -0.05) is 18.2 Å². The summed E-state index contributed by atoms with van der Waals surface area (Å²) in [7, 11) is 0. The zero-order valence-electron chi connectivity index (χ0n) is 16.8. The predicted molar refractivity (Wildman–Crippen MR) is 116 cm³/mol. The van der Waals surface area contributed by atoms with Gasteiger partial charge in [-0.05, 0) is 36.6 Å². The number of carbonyl (C=O) groups excluding carboxylic acids is 1. The average molecular weight is 416 g/mol. The summed E-state index contributed by atoms with van der Waals surface area (Å²) in [4.78, 5) is 30.4. The number of aromatic nitrogens is 4. The third-order valence-corrected chi connectivity index (χ3v) is 5.59. The number of halogens is 1. The monoisotopic (exact) mass is 416 g/mol. The summed E-state index contributed by atoms with van der Waals surface area (Å²) in [5.41, 5.74) is 2.19. The average Bonchev–Trinajstić information content (AvgIpc) is 3.46. The quantitative estimate of drug-likeness (QED) is 0.518. The van der Waals surface area contributed by atoms with Gasteiger partial charge in [0.05, 0.1) is 6.20 Å². The van der Waals surface area contributed by atoms with E-state index >= 15 is 0 Å². The number of H-pyrrole nitrogens is 1. The van der Waals surface area contributed by atoms with E-state index in [9.17, 15) is 9.18 Å². The van der Waals surface area contributed by atoms with Crippen molar-refractivity contribution < 1.29 is 9.18 Å². The van der Waals surface area contributed by atoms with Gasteiger partial charge in [0.1, 0.15) is 5.65 Å². The van der Waals surface area contributed by atoms with Gasteiger partial charge in [0.2, 0.25) is 0 Å². The van der Waals surface area contributed by atoms with E-state index in [0.717, 1.165) is 23.0 Å². The van der Waals surface area contributed by atoms with Gasteiger partial charge in [-0.15, -0.1) is 0 Å². The van der Waals surface area contributed by atoms with Gasteiger partial charge in [-0.25, -0.2) is 19.3 Å². The lowest BCUT2D eigenvalue weighted by Gasteiger charge is -2.17. The summed E-state index contributed by atoms with van der Waals surface area (Å²) in [6, 6.07) is 13.0. The summed E-state index contributed by atoms with van der Waals surface area (Å²) in [5.74, 6) is 0.345. The first kappa shape index (κ1) is 19.2. The number of hydrogen-bond acceptors (Lipinski definition) is 5. The number of rotatable bonds is 5. The topological polar surface area (TPSA) is 86.8 Å². The summed E-state index contributed by atoms with van der Waals surface area (Å²) >= 11 is 0. The number of aromatic amines is 1. The van der Waals surface area contributed by atoms with E-state index < -0.39 is 5.82 Å². The van der Waals surface area contributed by atoms with Crippen molar-refractivity contribution in [1.82, 2.24) is 24.8 Å². The maximum Gasteiger partial charge on any atom is 0.253 e. The van der Waals surface area contributed by atoms with Crippen LogP contribution in [0.5, 0.6) is 0 Å². The fraction of sp³-hybridized carbons (Fsp3) is 0.217. The minimum absolute atomic E-state index is 0.0338. The first-order valence-corrected chi connectivity index (χ1v) is 10.2. The third-order valence-electron chi connectivity index (χ3n) is 5.59. The molecule has 0 unspecified atom stereocenters. The molecule has 1 aromatic carbocycles. The highest BCUT2D eigenvalue weighted by Crippen LogP contribution is 2.26. The van der Waals surface area contributed by atoms with Crippen LogP contribution in [-0.2, 0) is 0 Å². The summed E-state index contributed by atoms with van der Waals surface area (Å²) in [6.45, 7) is 1.86. The number of fused-ring (bicyclic) bond motifs is 1. The lowest BCUT2D eigenvalue weighted by atomic mass is 10.1. The minimum Gasteiger partial charge on any atom is -0.367 e. The predicted octanol–water partition coefficient (Wildman–Crippen LogP) is 3.73. The Kier molecular flexibility index (Phi) is 5.03. The van der Waals surface area contributed by atoms with Crippen molar-refractivity contribution in [3.05, 3.63) is 72.4 Å². The highest BCUT2D eigenvalue weighted by atomic mass is 19.1. The Balaban J connectivity index is 1.27. The van der Waals surface area contributed by atoms with E-state index in [4.69, 9.17) is 0 Å². The largest absolute Gasteiger partial charge is 0.367 e.